The van der Waals surface area contributed by atoms with Crippen LogP contribution in [0.4, 0.5) is 24.8 Å². The largest absolute Gasteiger partial charge is 0.355 e. The number of benzene rings is 2. The van der Waals surface area contributed by atoms with Crippen molar-refractivity contribution in [3.8, 4) is 0 Å². The molecule has 0 spiro atoms. The van der Waals surface area contributed by atoms with Crippen molar-refractivity contribution < 1.29 is 13.2 Å². The minimum Gasteiger partial charge on any atom is -0.324 e. The summed E-state index contributed by atoms with van der Waals surface area (Å²) >= 11 is 6.39. The standard InChI is InChI=1S/C23H19ClF3N9O2/c1-3-34-10-14(30-32-34)11-36-22(37)29-21(28-20-5-13-8-33(2)31-19(13)6-15(20)24)35(23(36)38)9-12-4-17(26)18(27)7-16(12)25/h4-8,10H,3,9,11H2,1-2H3,(H,28,29,37). The Balaban J connectivity index is 1.63. The Kier molecular flexibility index (Phi) is 6.48. The number of hydrogen-bond acceptors (Lipinski definition) is 7. The summed E-state index contributed by atoms with van der Waals surface area (Å²) in [5.41, 5.74) is -0.976. The lowest BCUT2D eigenvalue weighted by Crippen LogP contribution is -2.43. The quantitative estimate of drug-likeness (QED) is 0.312. The first-order chi connectivity index (χ1) is 18.1. The topological polar surface area (TPSA) is 117 Å². The molecular formula is C23H19ClF3N9O2. The lowest BCUT2D eigenvalue weighted by atomic mass is 10.2. The van der Waals surface area contributed by atoms with Crippen molar-refractivity contribution in [2.45, 2.75) is 26.6 Å². The second-order valence-electron chi connectivity index (χ2n) is 8.41. The van der Waals surface area contributed by atoms with E-state index in [2.05, 4.69) is 25.7 Å². The molecule has 0 radical (unpaired) electrons. The molecule has 5 rings (SSSR count). The Morgan fingerprint density at radius 2 is 1.74 bits per heavy atom. The van der Waals surface area contributed by atoms with Crippen LogP contribution in [-0.4, -0.2) is 38.9 Å². The highest BCUT2D eigenvalue weighted by atomic mass is 35.5. The van der Waals surface area contributed by atoms with Crippen molar-refractivity contribution in [1.82, 2.24) is 38.9 Å². The molecule has 3 heterocycles. The van der Waals surface area contributed by atoms with E-state index in [1.807, 2.05) is 6.92 Å². The molecule has 0 saturated carbocycles. The van der Waals surface area contributed by atoms with Gasteiger partial charge < -0.3 is 5.32 Å². The molecule has 3 aromatic heterocycles. The summed E-state index contributed by atoms with van der Waals surface area (Å²) < 4.78 is 46.8. The summed E-state index contributed by atoms with van der Waals surface area (Å²) in [7, 11) is 1.73. The van der Waals surface area contributed by atoms with Gasteiger partial charge in [0.15, 0.2) is 11.6 Å². The molecule has 1 N–H and O–H groups in total. The van der Waals surface area contributed by atoms with Gasteiger partial charge in [-0.2, -0.15) is 10.1 Å². The average molecular weight is 546 g/mol. The Hall–Kier alpha value is -4.46. The molecule has 11 nitrogen and oxygen atoms in total. The number of nitrogens with zero attached hydrogens (tertiary/aromatic N) is 8. The minimum absolute atomic E-state index is 0.205. The first-order valence-electron chi connectivity index (χ1n) is 11.3. The molecular weight excluding hydrogens is 527 g/mol. The van der Waals surface area contributed by atoms with Crippen LogP contribution in [0.15, 0.2) is 46.2 Å². The van der Waals surface area contributed by atoms with Crippen molar-refractivity contribution in [2.24, 2.45) is 7.05 Å². The number of aryl methyl sites for hydroxylation is 2. The summed E-state index contributed by atoms with van der Waals surface area (Å²) in [5.74, 6) is -4.05. The molecule has 0 fully saturated rings. The summed E-state index contributed by atoms with van der Waals surface area (Å²) in [5, 5.41) is 15.8. The lowest BCUT2D eigenvalue weighted by molar-refractivity contribution is 0.485. The van der Waals surface area contributed by atoms with E-state index in [9.17, 15) is 22.8 Å². The SMILES string of the molecule is CCn1cc(Cn2c(=O)nc(Nc3cc4cn(C)nc4cc3Cl)n(Cc3cc(F)c(F)cc3F)c2=O)nn1. The van der Waals surface area contributed by atoms with Crippen LogP contribution in [0, 0.1) is 17.5 Å². The number of hydrogen-bond donors (Lipinski definition) is 1. The van der Waals surface area contributed by atoms with Gasteiger partial charge in [0.1, 0.15) is 11.5 Å². The van der Waals surface area contributed by atoms with Gasteiger partial charge in [-0.25, -0.2) is 27.3 Å². The number of fused-ring (bicyclic) bond motifs is 1. The maximum Gasteiger partial charge on any atom is 0.355 e. The third-order valence-corrected chi connectivity index (χ3v) is 6.06. The molecule has 5 aromatic rings. The number of nitrogens with one attached hydrogen (secondary N) is 1. The molecule has 0 aliphatic heterocycles. The van der Waals surface area contributed by atoms with Crippen LogP contribution in [0.5, 0.6) is 0 Å². The molecule has 0 atom stereocenters. The predicted octanol–water partition coefficient (Wildman–Crippen LogP) is 2.81. The fraction of sp³-hybridized carbons (Fsp3) is 0.217. The van der Waals surface area contributed by atoms with Gasteiger partial charge in [-0.15, -0.1) is 5.10 Å². The van der Waals surface area contributed by atoms with Gasteiger partial charge in [-0.3, -0.25) is 13.9 Å². The van der Waals surface area contributed by atoms with Crippen LogP contribution in [0.25, 0.3) is 10.9 Å². The number of halogens is 4. The van der Waals surface area contributed by atoms with Gasteiger partial charge in [0.25, 0.3) is 0 Å². The van der Waals surface area contributed by atoms with E-state index >= 15 is 0 Å². The molecule has 15 heteroatoms. The van der Waals surface area contributed by atoms with Gasteiger partial charge in [0, 0.05) is 36.8 Å². The molecule has 196 valence electrons. The zero-order valence-corrected chi connectivity index (χ0v) is 20.7. The van der Waals surface area contributed by atoms with Gasteiger partial charge in [-0.05, 0) is 25.1 Å². The van der Waals surface area contributed by atoms with Crippen molar-refractivity contribution in [2.75, 3.05) is 5.32 Å². The average Bonchev–Trinajstić information content (AvgIpc) is 3.47. The third-order valence-electron chi connectivity index (χ3n) is 5.75. The smallest absolute Gasteiger partial charge is 0.324 e. The van der Waals surface area contributed by atoms with Gasteiger partial charge >= 0.3 is 11.4 Å². The number of aromatic nitrogens is 8. The fourth-order valence-corrected chi connectivity index (χ4v) is 4.08. The Morgan fingerprint density at radius 1 is 0.974 bits per heavy atom. The molecule has 38 heavy (non-hydrogen) atoms. The minimum atomic E-state index is -1.38. The van der Waals surface area contributed by atoms with Crippen molar-refractivity contribution in [1.29, 1.82) is 0 Å². The maximum atomic E-state index is 14.5. The number of anilines is 2. The van der Waals surface area contributed by atoms with E-state index in [4.69, 9.17) is 11.6 Å². The van der Waals surface area contributed by atoms with Crippen LogP contribution in [0.3, 0.4) is 0 Å². The van der Waals surface area contributed by atoms with Crippen molar-refractivity contribution in [3.63, 3.8) is 0 Å². The Morgan fingerprint density at radius 3 is 2.47 bits per heavy atom. The molecule has 0 aliphatic carbocycles. The van der Waals surface area contributed by atoms with Crippen LogP contribution < -0.4 is 16.7 Å². The predicted molar refractivity (Wildman–Crippen MR) is 132 cm³/mol. The first kappa shape index (κ1) is 25.2. The summed E-state index contributed by atoms with van der Waals surface area (Å²) in [6.45, 7) is 1.51. The van der Waals surface area contributed by atoms with Gasteiger partial charge in [0.2, 0.25) is 5.95 Å². The summed E-state index contributed by atoms with van der Waals surface area (Å²) in [6, 6.07) is 4.23. The number of rotatable bonds is 7. The van der Waals surface area contributed by atoms with E-state index in [1.165, 1.54) is 4.68 Å². The molecule has 0 amide bonds. The molecule has 0 saturated heterocycles. The van der Waals surface area contributed by atoms with Crippen molar-refractivity contribution in [3.05, 3.63) is 91.4 Å². The highest BCUT2D eigenvalue weighted by molar-refractivity contribution is 6.34. The lowest BCUT2D eigenvalue weighted by Gasteiger charge is -2.16. The normalized spacial score (nSPS) is 11.4. The van der Waals surface area contributed by atoms with Crippen molar-refractivity contribution >= 4 is 34.1 Å². The fourth-order valence-electron chi connectivity index (χ4n) is 3.87. The van der Waals surface area contributed by atoms with Crippen LogP contribution in [0.2, 0.25) is 5.02 Å². The first-order valence-corrected chi connectivity index (χ1v) is 11.6. The zero-order valence-electron chi connectivity index (χ0n) is 20.0. The van der Waals surface area contributed by atoms with E-state index in [1.54, 1.807) is 36.3 Å². The van der Waals surface area contributed by atoms with Gasteiger partial charge in [0.05, 0.1) is 35.5 Å². The van der Waals surface area contributed by atoms with E-state index in [-0.39, 0.29) is 28.8 Å². The summed E-state index contributed by atoms with van der Waals surface area (Å²) in [6.07, 6.45) is 3.29. The molecule has 0 aliphatic rings. The summed E-state index contributed by atoms with van der Waals surface area (Å²) in [4.78, 5) is 30.4. The van der Waals surface area contributed by atoms with E-state index < -0.39 is 35.4 Å². The zero-order chi connectivity index (χ0) is 27.1. The maximum absolute atomic E-state index is 14.5. The molecule has 2 aromatic carbocycles. The second kappa shape index (κ2) is 9.78. The molecule has 0 bridgehead atoms. The highest BCUT2D eigenvalue weighted by Gasteiger charge is 2.19. The van der Waals surface area contributed by atoms with E-state index in [0.29, 0.717) is 35.3 Å². The Labute approximate surface area is 216 Å². The van der Waals surface area contributed by atoms with Crippen LogP contribution in [0.1, 0.15) is 18.2 Å². The Bertz CT molecular complexity index is 1810. The highest BCUT2D eigenvalue weighted by Crippen LogP contribution is 2.29. The monoisotopic (exact) mass is 545 g/mol. The van der Waals surface area contributed by atoms with Gasteiger partial charge in [-0.1, -0.05) is 16.8 Å². The van der Waals surface area contributed by atoms with Crippen LogP contribution >= 0.6 is 11.6 Å². The van der Waals surface area contributed by atoms with E-state index in [0.717, 1.165) is 9.13 Å². The van der Waals surface area contributed by atoms with Crippen LogP contribution in [-0.2, 0) is 26.7 Å². The second-order valence-corrected chi connectivity index (χ2v) is 8.82. The third kappa shape index (κ3) is 4.77. The molecule has 0 unspecified atom stereocenters.